The minimum Gasteiger partial charge on any atom is -0.463 e. The molecule has 5 heteroatoms. The molecule has 0 saturated heterocycles. The molecule has 0 amide bonds. The van der Waals surface area contributed by atoms with Crippen LogP contribution in [0.5, 0.6) is 0 Å². The summed E-state index contributed by atoms with van der Waals surface area (Å²) in [7, 11) is 0. The van der Waals surface area contributed by atoms with Crippen LogP contribution in [-0.2, 0) is 0 Å². The Morgan fingerprint density at radius 2 is 2.11 bits per heavy atom. The first kappa shape index (κ1) is 10.8. The minimum absolute atomic E-state index is 0.115. The van der Waals surface area contributed by atoms with Crippen LogP contribution in [0.3, 0.4) is 0 Å². The number of hydrogen-bond donors (Lipinski definition) is 1. The third kappa shape index (κ3) is 1.74. The van der Waals surface area contributed by atoms with Gasteiger partial charge in [0.25, 0.3) is 5.89 Å². The van der Waals surface area contributed by atoms with Gasteiger partial charge in [0, 0.05) is 5.39 Å². The van der Waals surface area contributed by atoms with E-state index in [9.17, 15) is 0 Å². The van der Waals surface area contributed by atoms with E-state index in [0.29, 0.717) is 17.6 Å². The van der Waals surface area contributed by atoms with Crippen molar-refractivity contribution < 1.29 is 8.94 Å². The average molecular weight is 255 g/mol. The molecular weight excluding hydrogens is 242 g/mol. The molecule has 1 aliphatic rings. The summed E-state index contributed by atoms with van der Waals surface area (Å²) < 4.78 is 10.8. The molecule has 1 saturated carbocycles. The van der Waals surface area contributed by atoms with Gasteiger partial charge >= 0.3 is 0 Å². The fourth-order valence-corrected chi connectivity index (χ4v) is 2.29. The second-order valence-corrected chi connectivity index (χ2v) is 4.97. The molecule has 2 heterocycles. The van der Waals surface area contributed by atoms with Crippen LogP contribution in [0.1, 0.15) is 24.7 Å². The van der Waals surface area contributed by atoms with E-state index in [4.69, 9.17) is 14.7 Å². The van der Waals surface area contributed by atoms with Crippen molar-refractivity contribution in [2.45, 2.75) is 18.9 Å². The number of hydrogen-bond acceptors (Lipinski definition) is 5. The molecule has 96 valence electrons. The van der Waals surface area contributed by atoms with E-state index in [1.54, 1.807) is 6.26 Å². The standard InChI is InChI=1S/C14H13N3O2/c15-12(8-5-6-8)13-16-14(19-17-13)10-7-18-11-4-2-1-3-9(10)11/h1-4,7-8,12H,5-6,15H2. The maximum atomic E-state index is 6.07. The van der Waals surface area contributed by atoms with Crippen molar-refractivity contribution in [3.8, 4) is 11.5 Å². The topological polar surface area (TPSA) is 78.1 Å². The maximum absolute atomic E-state index is 6.07. The number of benzene rings is 1. The zero-order chi connectivity index (χ0) is 12.8. The van der Waals surface area contributed by atoms with Crippen molar-refractivity contribution in [2.24, 2.45) is 11.7 Å². The highest BCUT2D eigenvalue weighted by molar-refractivity contribution is 5.91. The number of nitrogens with two attached hydrogens (primary N) is 1. The Morgan fingerprint density at radius 1 is 1.26 bits per heavy atom. The molecular formula is C14H13N3O2. The van der Waals surface area contributed by atoms with E-state index >= 15 is 0 Å². The van der Waals surface area contributed by atoms with Gasteiger partial charge in [0.1, 0.15) is 11.8 Å². The Morgan fingerprint density at radius 3 is 2.95 bits per heavy atom. The van der Waals surface area contributed by atoms with Gasteiger partial charge in [-0.2, -0.15) is 4.98 Å². The smallest absolute Gasteiger partial charge is 0.261 e. The van der Waals surface area contributed by atoms with Crippen LogP contribution in [0, 0.1) is 5.92 Å². The molecule has 1 aromatic carbocycles. The van der Waals surface area contributed by atoms with Crippen molar-refractivity contribution in [1.29, 1.82) is 0 Å². The number of nitrogens with zero attached hydrogens (tertiary/aromatic N) is 2. The molecule has 0 spiro atoms. The Bertz CT molecular complexity index is 727. The van der Waals surface area contributed by atoms with E-state index in [-0.39, 0.29) is 6.04 Å². The van der Waals surface area contributed by atoms with E-state index in [1.807, 2.05) is 24.3 Å². The largest absolute Gasteiger partial charge is 0.463 e. The Labute approximate surface area is 109 Å². The number of rotatable bonds is 3. The molecule has 0 bridgehead atoms. The van der Waals surface area contributed by atoms with Gasteiger partial charge < -0.3 is 14.7 Å². The Kier molecular flexibility index (Phi) is 2.22. The molecule has 2 N–H and O–H groups in total. The summed E-state index contributed by atoms with van der Waals surface area (Å²) in [6.07, 6.45) is 3.95. The quantitative estimate of drug-likeness (QED) is 0.778. The lowest BCUT2D eigenvalue weighted by molar-refractivity contribution is 0.411. The SMILES string of the molecule is NC(c1noc(-c2coc3ccccc23)n1)C1CC1. The monoisotopic (exact) mass is 255 g/mol. The second-order valence-electron chi connectivity index (χ2n) is 4.97. The third-order valence-corrected chi connectivity index (χ3v) is 3.58. The van der Waals surface area contributed by atoms with Crippen molar-refractivity contribution in [2.75, 3.05) is 0 Å². The number of furan rings is 1. The van der Waals surface area contributed by atoms with Gasteiger partial charge in [0.15, 0.2) is 5.82 Å². The summed E-state index contributed by atoms with van der Waals surface area (Å²) in [5.41, 5.74) is 7.70. The average Bonchev–Trinajstić information content (AvgIpc) is 3.01. The minimum atomic E-state index is -0.115. The van der Waals surface area contributed by atoms with Gasteiger partial charge in [-0.25, -0.2) is 0 Å². The highest BCUT2D eigenvalue weighted by Gasteiger charge is 2.32. The van der Waals surface area contributed by atoms with Crippen LogP contribution in [0.2, 0.25) is 0 Å². The Balaban J connectivity index is 1.75. The highest BCUT2D eigenvalue weighted by Crippen LogP contribution is 2.39. The number of fused-ring (bicyclic) bond motifs is 1. The number of aromatic nitrogens is 2. The van der Waals surface area contributed by atoms with Crippen LogP contribution in [0.4, 0.5) is 0 Å². The fraction of sp³-hybridized carbons (Fsp3) is 0.286. The van der Waals surface area contributed by atoms with Gasteiger partial charge in [-0.05, 0) is 24.8 Å². The molecule has 0 aliphatic heterocycles. The van der Waals surface area contributed by atoms with Gasteiger partial charge in [0.2, 0.25) is 0 Å². The Hall–Kier alpha value is -2.14. The molecule has 19 heavy (non-hydrogen) atoms. The van der Waals surface area contributed by atoms with Crippen molar-refractivity contribution >= 4 is 11.0 Å². The molecule has 0 radical (unpaired) electrons. The summed E-state index contributed by atoms with van der Waals surface area (Å²) in [6, 6.07) is 7.65. The van der Waals surface area contributed by atoms with Crippen LogP contribution in [-0.4, -0.2) is 10.1 Å². The summed E-state index contributed by atoms with van der Waals surface area (Å²) in [5.74, 6) is 1.56. The first-order valence-corrected chi connectivity index (χ1v) is 6.39. The first-order chi connectivity index (χ1) is 9.33. The molecule has 1 atom stereocenters. The number of para-hydroxylation sites is 1. The van der Waals surface area contributed by atoms with Crippen LogP contribution < -0.4 is 5.73 Å². The normalized spacial score (nSPS) is 16.9. The molecule has 3 aromatic rings. The van der Waals surface area contributed by atoms with Crippen molar-refractivity contribution in [3.05, 3.63) is 36.4 Å². The van der Waals surface area contributed by atoms with Gasteiger partial charge in [0.05, 0.1) is 11.6 Å². The summed E-state index contributed by atoms with van der Waals surface area (Å²) >= 11 is 0. The summed E-state index contributed by atoms with van der Waals surface area (Å²) in [4.78, 5) is 4.40. The van der Waals surface area contributed by atoms with E-state index in [1.165, 1.54) is 0 Å². The lowest BCUT2D eigenvalue weighted by Gasteiger charge is -2.01. The van der Waals surface area contributed by atoms with Crippen molar-refractivity contribution in [3.63, 3.8) is 0 Å². The fourth-order valence-electron chi connectivity index (χ4n) is 2.29. The van der Waals surface area contributed by atoms with Gasteiger partial charge in [-0.3, -0.25) is 0 Å². The predicted molar refractivity (Wildman–Crippen MR) is 69.2 cm³/mol. The zero-order valence-electron chi connectivity index (χ0n) is 10.2. The van der Waals surface area contributed by atoms with Gasteiger partial charge in [-0.1, -0.05) is 23.4 Å². The van der Waals surface area contributed by atoms with E-state index < -0.39 is 0 Å². The molecule has 2 aromatic heterocycles. The summed E-state index contributed by atoms with van der Waals surface area (Å²) in [6.45, 7) is 0. The molecule has 1 aliphatic carbocycles. The highest BCUT2D eigenvalue weighted by atomic mass is 16.5. The van der Waals surface area contributed by atoms with Crippen LogP contribution >= 0.6 is 0 Å². The summed E-state index contributed by atoms with van der Waals surface area (Å²) in [5, 5.41) is 4.96. The molecule has 4 rings (SSSR count). The third-order valence-electron chi connectivity index (χ3n) is 3.58. The van der Waals surface area contributed by atoms with Crippen LogP contribution in [0.15, 0.2) is 39.5 Å². The van der Waals surface area contributed by atoms with E-state index in [2.05, 4.69) is 10.1 Å². The zero-order valence-corrected chi connectivity index (χ0v) is 10.2. The maximum Gasteiger partial charge on any atom is 0.261 e. The molecule has 1 fully saturated rings. The van der Waals surface area contributed by atoms with Crippen molar-refractivity contribution in [1.82, 2.24) is 10.1 Å². The predicted octanol–water partition coefficient (Wildman–Crippen LogP) is 2.89. The van der Waals surface area contributed by atoms with Crippen LogP contribution in [0.25, 0.3) is 22.4 Å². The second kappa shape index (κ2) is 3.93. The lowest BCUT2D eigenvalue weighted by Crippen LogP contribution is -2.13. The van der Waals surface area contributed by atoms with E-state index in [0.717, 1.165) is 29.4 Å². The first-order valence-electron chi connectivity index (χ1n) is 6.39. The lowest BCUT2D eigenvalue weighted by atomic mass is 10.1. The molecule has 1 unspecified atom stereocenters. The molecule has 5 nitrogen and oxygen atoms in total. The van der Waals surface area contributed by atoms with Gasteiger partial charge in [-0.15, -0.1) is 0 Å².